The molecule has 0 unspecified atom stereocenters. The number of hydrogen-bond donors (Lipinski definition) is 2. The van der Waals surface area contributed by atoms with Gasteiger partial charge in [-0.05, 0) is 24.1 Å². The predicted molar refractivity (Wildman–Crippen MR) is 81.1 cm³/mol. The summed E-state index contributed by atoms with van der Waals surface area (Å²) in [6.07, 6.45) is 5.80. The lowest BCUT2D eigenvalue weighted by atomic mass is 10.1. The van der Waals surface area contributed by atoms with Crippen molar-refractivity contribution < 1.29 is 14.7 Å². The number of halogens is 1. The van der Waals surface area contributed by atoms with Crippen LogP contribution in [0.3, 0.4) is 0 Å². The fourth-order valence-corrected chi connectivity index (χ4v) is 2.00. The van der Waals surface area contributed by atoms with Gasteiger partial charge in [0.25, 0.3) is 0 Å². The van der Waals surface area contributed by atoms with Gasteiger partial charge in [-0.2, -0.15) is 0 Å². The second kappa shape index (κ2) is 9.01. The molecular weight excluding hydrogens is 292 g/mol. The van der Waals surface area contributed by atoms with Gasteiger partial charge >= 0.3 is 5.97 Å². The number of carbonyl (C=O) groups is 2. The zero-order chi connectivity index (χ0) is 15.7. The number of carbonyl (C=O) groups excluding carboxylic acids is 1. The molecule has 0 atom stereocenters. The van der Waals surface area contributed by atoms with Crippen LogP contribution in [0.5, 0.6) is 0 Å². The van der Waals surface area contributed by atoms with Gasteiger partial charge in [0.1, 0.15) is 0 Å². The van der Waals surface area contributed by atoms with Crippen LogP contribution in [0.1, 0.15) is 5.56 Å². The quantitative estimate of drug-likeness (QED) is 0.704. The number of nitrogens with zero attached hydrogens (tertiary/aromatic N) is 1. The van der Waals surface area contributed by atoms with Crippen molar-refractivity contribution in [2.24, 2.45) is 0 Å². The minimum atomic E-state index is -1.02. The Labute approximate surface area is 128 Å². The van der Waals surface area contributed by atoms with Gasteiger partial charge < -0.3 is 10.4 Å². The number of benzene rings is 1. The molecule has 0 bridgehead atoms. The van der Waals surface area contributed by atoms with Crippen molar-refractivity contribution in [2.75, 3.05) is 26.2 Å². The molecule has 5 nitrogen and oxygen atoms in total. The number of aliphatic carboxylic acids is 1. The van der Waals surface area contributed by atoms with E-state index in [1.165, 1.54) is 4.90 Å². The lowest BCUT2D eigenvalue weighted by Gasteiger charge is -2.16. The third kappa shape index (κ3) is 7.35. The SMILES string of the molecule is C#CCN(CC(=O)O)CC(=O)NCCc1cccc(Cl)c1. The number of hydrogen-bond acceptors (Lipinski definition) is 3. The Kier molecular flexibility index (Phi) is 7.30. The standard InChI is InChI=1S/C15H17ClN2O3/c1-2-8-18(11-15(20)21)10-14(19)17-7-6-12-4-3-5-13(16)9-12/h1,3-5,9H,6-8,10-11H2,(H,17,19)(H,20,21). The topological polar surface area (TPSA) is 69.6 Å². The van der Waals surface area contributed by atoms with Crippen LogP contribution < -0.4 is 5.32 Å². The van der Waals surface area contributed by atoms with E-state index in [2.05, 4.69) is 11.2 Å². The zero-order valence-corrected chi connectivity index (χ0v) is 12.3. The van der Waals surface area contributed by atoms with Crippen molar-refractivity contribution >= 4 is 23.5 Å². The van der Waals surface area contributed by atoms with E-state index >= 15 is 0 Å². The third-order valence-electron chi connectivity index (χ3n) is 2.67. The summed E-state index contributed by atoms with van der Waals surface area (Å²) in [7, 11) is 0. The maximum Gasteiger partial charge on any atom is 0.317 e. The minimum absolute atomic E-state index is 0.0357. The Balaban J connectivity index is 2.35. The van der Waals surface area contributed by atoms with Crippen molar-refractivity contribution in [1.82, 2.24) is 10.2 Å². The normalized spacial score (nSPS) is 10.1. The highest BCUT2D eigenvalue weighted by Crippen LogP contribution is 2.10. The van der Waals surface area contributed by atoms with E-state index in [0.717, 1.165) is 5.56 Å². The van der Waals surface area contributed by atoms with Crippen LogP contribution in [0.2, 0.25) is 5.02 Å². The number of amides is 1. The molecule has 0 spiro atoms. The fraction of sp³-hybridized carbons (Fsp3) is 0.333. The summed E-state index contributed by atoms with van der Waals surface area (Å²) in [5.74, 6) is 1.06. The van der Waals surface area contributed by atoms with Crippen molar-refractivity contribution in [3.8, 4) is 12.3 Å². The Hall–Kier alpha value is -2.03. The molecule has 0 aliphatic rings. The molecule has 112 valence electrons. The Morgan fingerprint density at radius 3 is 2.76 bits per heavy atom. The molecule has 0 aliphatic carbocycles. The van der Waals surface area contributed by atoms with Crippen molar-refractivity contribution in [3.63, 3.8) is 0 Å². The molecule has 0 radical (unpaired) electrons. The van der Waals surface area contributed by atoms with Gasteiger partial charge in [-0.3, -0.25) is 14.5 Å². The molecule has 0 fully saturated rings. The molecule has 1 amide bonds. The summed E-state index contributed by atoms with van der Waals surface area (Å²) in [5, 5.41) is 12.1. The Bertz CT molecular complexity index is 540. The van der Waals surface area contributed by atoms with E-state index in [9.17, 15) is 9.59 Å². The first-order chi connectivity index (χ1) is 10.0. The molecule has 2 N–H and O–H groups in total. The molecule has 0 saturated carbocycles. The van der Waals surface area contributed by atoms with Crippen molar-refractivity contribution in [2.45, 2.75) is 6.42 Å². The van der Waals surface area contributed by atoms with Crippen LogP contribution >= 0.6 is 11.6 Å². The highest BCUT2D eigenvalue weighted by atomic mass is 35.5. The van der Waals surface area contributed by atoms with Gasteiger partial charge in [-0.25, -0.2) is 0 Å². The Morgan fingerprint density at radius 2 is 2.14 bits per heavy atom. The van der Waals surface area contributed by atoms with E-state index in [4.69, 9.17) is 23.1 Å². The second-order valence-electron chi connectivity index (χ2n) is 4.47. The van der Waals surface area contributed by atoms with Gasteiger partial charge in [0, 0.05) is 11.6 Å². The van der Waals surface area contributed by atoms with Crippen molar-refractivity contribution in [3.05, 3.63) is 34.9 Å². The fourth-order valence-electron chi connectivity index (χ4n) is 1.79. The van der Waals surface area contributed by atoms with E-state index in [-0.39, 0.29) is 25.5 Å². The second-order valence-corrected chi connectivity index (χ2v) is 4.91. The first kappa shape index (κ1) is 17.0. The Morgan fingerprint density at radius 1 is 1.38 bits per heavy atom. The summed E-state index contributed by atoms with van der Waals surface area (Å²) < 4.78 is 0. The van der Waals surface area contributed by atoms with Gasteiger partial charge in [-0.1, -0.05) is 29.7 Å². The highest BCUT2D eigenvalue weighted by molar-refractivity contribution is 6.30. The highest BCUT2D eigenvalue weighted by Gasteiger charge is 2.12. The molecular formula is C15H17ClN2O3. The lowest BCUT2D eigenvalue weighted by molar-refractivity contribution is -0.138. The molecule has 1 aromatic carbocycles. The molecule has 1 aromatic rings. The largest absolute Gasteiger partial charge is 0.480 e. The molecule has 1 rings (SSSR count). The van der Waals surface area contributed by atoms with Crippen LogP contribution in [0.25, 0.3) is 0 Å². The summed E-state index contributed by atoms with van der Waals surface area (Å²) in [5.41, 5.74) is 1.02. The van der Waals surface area contributed by atoms with Crippen LogP contribution in [0.15, 0.2) is 24.3 Å². The van der Waals surface area contributed by atoms with E-state index < -0.39 is 5.97 Å². The van der Waals surface area contributed by atoms with E-state index in [0.29, 0.717) is 18.0 Å². The first-order valence-corrected chi connectivity index (χ1v) is 6.78. The maximum absolute atomic E-state index is 11.7. The van der Waals surface area contributed by atoms with Gasteiger partial charge in [-0.15, -0.1) is 6.42 Å². The molecule has 0 saturated heterocycles. The number of rotatable bonds is 8. The lowest BCUT2D eigenvalue weighted by Crippen LogP contribution is -2.40. The van der Waals surface area contributed by atoms with Gasteiger partial charge in [0.15, 0.2) is 0 Å². The number of nitrogens with one attached hydrogen (secondary N) is 1. The third-order valence-corrected chi connectivity index (χ3v) is 2.90. The summed E-state index contributed by atoms with van der Waals surface area (Å²) in [4.78, 5) is 23.8. The molecule has 0 heterocycles. The van der Waals surface area contributed by atoms with Crippen LogP contribution in [-0.2, 0) is 16.0 Å². The monoisotopic (exact) mass is 308 g/mol. The smallest absolute Gasteiger partial charge is 0.317 e. The van der Waals surface area contributed by atoms with E-state index in [1.54, 1.807) is 6.07 Å². The number of carboxylic acids is 1. The molecule has 21 heavy (non-hydrogen) atoms. The predicted octanol–water partition coefficient (Wildman–Crippen LogP) is 1.02. The molecule has 6 heteroatoms. The van der Waals surface area contributed by atoms with Crippen molar-refractivity contribution in [1.29, 1.82) is 0 Å². The van der Waals surface area contributed by atoms with Crippen LogP contribution in [0.4, 0.5) is 0 Å². The van der Waals surface area contributed by atoms with Gasteiger partial charge in [0.05, 0.1) is 19.6 Å². The zero-order valence-electron chi connectivity index (χ0n) is 11.5. The summed E-state index contributed by atoms with van der Waals surface area (Å²) >= 11 is 5.87. The van der Waals surface area contributed by atoms with E-state index in [1.807, 2.05) is 18.2 Å². The summed E-state index contributed by atoms with van der Waals surface area (Å²) in [6, 6.07) is 7.39. The molecule has 0 aliphatic heterocycles. The average Bonchev–Trinajstić information content (AvgIpc) is 2.38. The number of terminal acetylenes is 1. The maximum atomic E-state index is 11.7. The van der Waals surface area contributed by atoms with Gasteiger partial charge in [0.2, 0.25) is 5.91 Å². The summed E-state index contributed by atoms with van der Waals surface area (Å²) in [6.45, 7) is 0.280. The van der Waals surface area contributed by atoms with Crippen LogP contribution in [-0.4, -0.2) is 48.1 Å². The molecule has 0 aromatic heterocycles. The van der Waals surface area contributed by atoms with Crippen LogP contribution in [0, 0.1) is 12.3 Å². The average molecular weight is 309 g/mol. The first-order valence-electron chi connectivity index (χ1n) is 6.40. The number of carboxylic acid groups (broad SMARTS) is 1. The minimum Gasteiger partial charge on any atom is -0.480 e.